The molecule has 0 saturated carbocycles. The summed E-state index contributed by atoms with van der Waals surface area (Å²) in [6.07, 6.45) is -0.324. The van der Waals surface area contributed by atoms with Crippen LogP contribution >= 0.6 is 0 Å². The van der Waals surface area contributed by atoms with E-state index in [0.717, 1.165) is 11.1 Å². The van der Waals surface area contributed by atoms with Crippen LogP contribution in [0.1, 0.15) is 27.9 Å². The van der Waals surface area contributed by atoms with Crippen LogP contribution in [0.25, 0.3) is 0 Å². The standard InChI is InChI=1S/C19H20N2O4/c1-12-7-8-16(13(2)9-12)21-18(23)11-17(22)20-15-6-4-5-14(10-15)19(24)25-3/h4-10H,11H2,1-3H3,(H,20,22)(H,21,23). The van der Waals surface area contributed by atoms with Crippen LogP contribution in [-0.4, -0.2) is 24.9 Å². The van der Waals surface area contributed by atoms with Crippen molar-refractivity contribution in [2.75, 3.05) is 17.7 Å². The van der Waals surface area contributed by atoms with E-state index in [4.69, 9.17) is 0 Å². The number of ether oxygens (including phenoxy) is 1. The number of amides is 2. The summed E-state index contributed by atoms with van der Waals surface area (Å²) in [6, 6.07) is 12.0. The van der Waals surface area contributed by atoms with Gasteiger partial charge in [0.2, 0.25) is 11.8 Å². The quantitative estimate of drug-likeness (QED) is 0.647. The molecule has 6 heteroatoms. The molecule has 2 amide bonds. The number of esters is 1. The van der Waals surface area contributed by atoms with Crippen molar-refractivity contribution in [1.29, 1.82) is 0 Å². The Labute approximate surface area is 146 Å². The Morgan fingerprint density at radius 2 is 1.68 bits per heavy atom. The van der Waals surface area contributed by atoms with Crippen LogP contribution in [0.5, 0.6) is 0 Å². The monoisotopic (exact) mass is 340 g/mol. The second-order valence-electron chi connectivity index (χ2n) is 5.66. The molecule has 6 nitrogen and oxygen atoms in total. The molecule has 0 aromatic heterocycles. The van der Waals surface area contributed by atoms with E-state index in [1.807, 2.05) is 26.0 Å². The zero-order valence-corrected chi connectivity index (χ0v) is 14.4. The molecule has 0 saturated heterocycles. The van der Waals surface area contributed by atoms with Gasteiger partial charge in [-0.05, 0) is 43.7 Å². The molecule has 0 aliphatic rings. The molecule has 0 unspecified atom stereocenters. The largest absolute Gasteiger partial charge is 0.465 e. The summed E-state index contributed by atoms with van der Waals surface area (Å²) in [6.45, 7) is 3.86. The Balaban J connectivity index is 1.95. The molecule has 0 heterocycles. The fraction of sp³-hybridized carbons (Fsp3) is 0.211. The minimum Gasteiger partial charge on any atom is -0.465 e. The van der Waals surface area contributed by atoms with Gasteiger partial charge in [-0.2, -0.15) is 0 Å². The first-order chi connectivity index (χ1) is 11.9. The SMILES string of the molecule is COC(=O)c1cccc(NC(=O)CC(=O)Nc2ccc(C)cc2C)c1. The fourth-order valence-electron chi connectivity index (χ4n) is 2.34. The van der Waals surface area contributed by atoms with Crippen LogP contribution in [-0.2, 0) is 14.3 Å². The molecule has 2 aromatic rings. The first kappa shape index (κ1) is 18.2. The summed E-state index contributed by atoms with van der Waals surface area (Å²) >= 11 is 0. The Bertz CT molecular complexity index is 815. The van der Waals surface area contributed by atoms with Gasteiger partial charge in [-0.15, -0.1) is 0 Å². The van der Waals surface area contributed by atoms with Gasteiger partial charge in [-0.1, -0.05) is 23.8 Å². The van der Waals surface area contributed by atoms with Gasteiger partial charge < -0.3 is 15.4 Å². The van der Waals surface area contributed by atoms with E-state index in [1.54, 1.807) is 24.3 Å². The Morgan fingerprint density at radius 3 is 2.36 bits per heavy atom. The molecule has 25 heavy (non-hydrogen) atoms. The molecule has 0 radical (unpaired) electrons. The number of aryl methyl sites for hydroxylation is 2. The summed E-state index contributed by atoms with van der Waals surface area (Å²) in [4.78, 5) is 35.5. The van der Waals surface area contributed by atoms with Crippen LogP contribution in [0.3, 0.4) is 0 Å². The van der Waals surface area contributed by atoms with Crippen LogP contribution < -0.4 is 10.6 Å². The molecule has 0 aliphatic carbocycles. The van der Waals surface area contributed by atoms with Gasteiger partial charge in [0.05, 0.1) is 12.7 Å². The fourth-order valence-corrected chi connectivity index (χ4v) is 2.34. The van der Waals surface area contributed by atoms with Gasteiger partial charge in [-0.3, -0.25) is 9.59 Å². The minimum atomic E-state index is -0.497. The number of methoxy groups -OCH3 is 1. The lowest BCUT2D eigenvalue weighted by Gasteiger charge is -2.10. The van der Waals surface area contributed by atoms with Crippen molar-refractivity contribution >= 4 is 29.2 Å². The summed E-state index contributed by atoms with van der Waals surface area (Å²) in [5.74, 6) is -1.37. The highest BCUT2D eigenvalue weighted by Gasteiger charge is 2.12. The van der Waals surface area contributed by atoms with Crippen molar-refractivity contribution in [1.82, 2.24) is 0 Å². The summed E-state index contributed by atoms with van der Waals surface area (Å²) < 4.78 is 4.63. The third-order valence-electron chi connectivity index (χ3n) is 3.54. The van der Waals surface area contributed by atoms with E-state index >= 15 is 0 Å². The van der Waals surface area contributed by atoms with Crippen LogP contribution in [0.15, 0.2) is 42.5 Å². The van der Waals surface area contributed by atoms with Gasteiger partial charge in [-0.25, -0.2) is 4.79 Å². The number of carbonyl (C=O) groups is 3. The Kier molecular flexibility index (Phi) is 5.89. The van der Waals surface area contributed by atoms with Crippen molar-refractivity contribution in [2.45, 2.75) is 20.3 Å². The first-order valence-electron chi connectivity index (χ1n) is 7.74. The zero-order chi connectivity index (χ0) is 18.4. The lowest BCUT2D eigenvalue weighted by molar-refractivity contribution is -0.123. The maximum Gasteiger partial charge on any atom is 0.337 e. The first-order valence-corrected chi connectivity index (χ1v) is 7.74. The molecule has 130 valence electrons. The molecule has 0 bridgehead atoms. The maximum atomic E-state index is 12.0. The predicted molar refractivity (Wildman–Crippen MR) is 95.6 cm³/mol. The molecule has 0 aliphatic heterocycles. The van der Waals surface area contributed by atoms with Gasteiger partial charge in [0.15, 0.2) is 0 Å². The molecule has 0 spiro atoms. The topological polar surface area (TPSA) is 84.5 Å². The van der Waals surface area contributed by atoms with Gasteiger partial charge >= 0.3 is 5.97 Å². The normalized spacial score (nSPS) is 10.0. The molecule has 2 aromatic carbocycles. The van der Waals surface area contributed by atoms with Crippen LogP contribution in [0.4, 0.5) is 11.4 Å². The summed E-state index contributed by atoms with van der Waals surface area (Å²) in [5, 5.41) is 5.31. The average molecular weight is 340 g/mol. The van der Waals surface area contributed by atoms with E-state index in [9.17, 15) is 14.4 Å². The second kappa shape index (κ2) is 8.10. The second-order valence-corrected chi connectivity index (χ2v) is 5.66. The van der Waals surface area contributed by atoms with E-state index in [-0.39, 0.29) is 6.42 Å². The average Bonchev–Trinajstić information content (AvgIpc) is 2.56. The van der Waals surface area contributed by atoms with Crippen molar-refractivity contribution in [3.8, 4) is 0 Å². The number of benzene rings is 2. The molecular formula is C19H20N2O4. The Morgan fingerprint density at radius 1 is 0.960 bits per heavy atom. The number of hydrogen-bond acceptors (Lipinski definition) is 4. The molecule has 0 fully saturated rings. The van der Waals surface area contributed by atoms with Gasteiger partial charge in [0.1, 0.15) is 6.42 Å². The predicted octanol–water partition coefficient (Wildman–Crippen LogP) is 3.06. The third-order valence-corrected chi connectivity index (χ3v) is 3.54. The van der Waals surface area contributed by atoms with Crippen LogP contribution in [0, 0.1) is 13.8 Å². The number of rotatable bonds is 5. The lowest BCUT2D eigenvalue weighted by Crippen LogP contribution is -2.22. The van der Waals surface area contributed by atoms with E-state index in [2.05, 4.69) is 15.4 Å². The maximum absolute atomic E-state index is 12.0. The highest BCUT2D eigenvalue weighted by molar-refractivity contribution is 6.08. The van der Waals surface area contributed by atoms with Gasteiger partial charge in [0, 0.05) is 11.4 Å². The number of carbonyl (C=O) groups excluding carboxylic acids is 3. The molecule has 0 atom stereocenters. The number of anilines is 2. The van der Waals surface area contributed by atoms with Crippen molar-refractivity contribution in [3.05, 3.63) is 59.2 Å². The summed E-state index contributed by atoms with van der Waals surface area (Å²) in [5.41, 5.74) is 3.45. The Hall–Kier alpha value is -3.15. The number of hydrogen-bond donors (Lipinski definition) is 2. The van der Waals surface area contributed by atoms with E-state index < -0.39 is 17.8 Å². The van der Waals surface area contributed by atoms with Crippen molar-refractivity contribution in [3.63, 3.8) is 0 Å². The smallest absolute Gasteiger partial charge is 0.337 e. The lowest BCUT2D eigenvalue weighted by atomic mass is 10.1. The third kappa shape index (κ3) is 5.17. The summed E-state index contributed by atoms with van der Waals surface area (Å²) in [7, 11) is 1.28. The zero-order valence-electron chi connectivity index (χ0n) is 14.4. The van der Waals surface area contributed by atoms with Crippen molar-refractivity contribution in [2.24, 2.45) is 0 Å². The van der Waals surface area contributed by atoms with Crippen LogP contribution in [0.2, 0.25) is 0 Å². The minimum absolute atomic E-state index is 0.319. The number of nitrogens with one attached hydrogen (secondary N) is 2. The molecule has 2 rings (SSSR count). The molecule has 2 N–H and O–H groups in total. The van der Waals surface area contributed by atoms with Crippen molar-refractivity contribution < 1.29 is 19.1 Å². The van der Waals surface area contributed by atoms with E-state index in [0.29, 0.717) is 16.9 Å². The van der Waals surface area contributed by atoms with E-state index in [1.165, 1.54) is 13.2 Å². The highest BCUT2D eigenvalue weighted by atomic mass is 16.5. The van der Waals surface area contributed by atoms with Gasteiger partial charge in [0.25, 0.3) is 0 Å². The molecular weight excluding hydrogens is 320 g/mol. The highest BCUT2D eigenvalue weighted by Crippen LogP contribution is 2.16.